The fourth-order valence-corrected chi connectivity index (χ4v) is 2.95. The zero-order valence-corrected chi connectivity index (χ0v) is 14.2. The maximum absolute atomic E-state index is 5.15. The highest BCUT2D eigenvalue weighted by Gasteiger charge is 2.07. The molecule has 4 heterocycles. The molecule has 0 atom stereocenters. The number of nitrogens with zero attached hydrogens (tertiary/aromatic N) is 4. The van der Waals surface area contributed by atoms with Crippen molar-refractivity contribution >= 4 is 28.9 Å². The minimum absolute atomic E-state index is 0.467. The molecule has 0 aliphatic carbocycles. The summed E-state index contributed by atoms with van der Waals surface area (Å²) in [5, 5.41) is 19.4. The van der Waals surface area contributed by atoms with Gasteiger partial charge in [0, 0.05) is 18.3 Å². The first-order valence-electron chi connectivity index (χ1n) is 7.62. The Bertz CT molecular complexity index is 960. The second kappa shape index (κ2) is 6.73. The van der Waals surface area contributed by atoms with Crippen LogP contribution < -0.4 is 10.6 Å². The predicted molar refractivity (Wildman–Crippen MR) is 95.8 cm³/mol. The molecule has 4 aromatic heterocycles. The summed E-state index contributed by atoms with van der Waals surface area (Å²) in [6, 6.07) is 9.64. The van der Waals surface area contributed by atoms with Gasteiger partial charge in [0.25, 0.3) is 0 Å². The number of aryl methyl sites for hydroxylation is 1. The van der Waals surface area contributed by atoms with E-state index < -0.39 is 0 Å². The normalized spacial score (nSPS) is 10.8. The van der Waals surface area contributed by atoms with E-state index in [1.807, 2.05) is 36.6 Å². The Balaban J connectivity index is 1.43. The van der Waals surface area contributed by atoms with Crippen molar-refractivity contribution in [1.82, 2.24) is 25.3 Å². The molecule has 0 spiro atoms. The zero-order chi connectivity index (χ0) is 17.1. The Labute approximate surface area is 147 Å². The maximum atomic E-state index is 5.15. The van der Waals surface area contributed by atoms with Crippen molar-refractivity contribution in [2.45, 2.75) is 13.5 Å². The highest BCUT2D eigenvalue weighted by molar-refractivity contribution is 7.13. The fraction of sp³-hybridized carbons (Fsp3) is 0.125. The van der Waals surface area contributed by atoms with Gasteiger partial charge in [-0.2, -0.15) is 10.1 Å². The van der Waals surface area contributed by atoms with E-state index in [1.54, 1.807) is 23.6 Å². The molecule has 0 saturated heterocycles. The summed E-state index contributed by atoms with van der Waals surface area (Å²) in [5.41, 5.74) is 1.80. The topological polar surface area (TPSA) is 105 Å². The molecule has 0 bridgehead atoms. The van der Waals surface area contributed by atoms with Crippen molar-refractivity contribution in [1.29, 1.82) is 0 Å². The van der Waals surface area contributed by atoms with Crippen LogP contribution in [0.5, 0.6) is 0 Å². The van der Waals surface area contributed by atoms with Crippen molar-refractivity contribution in [3.8, 4) is 10.6 Å². The van der Waals surface area contributed by atoms with Gasteiger partial charge in [-0.1, -0.05) is 11.2 Å². The second-order valence-corrected chi connectivity index (χ2v) is 6.27. The number of hydrogen-bond donors (Lipinski definition) is 3. The molecule has 0 aliphatic heterocycles. The van der Waals surface area contributed by atoms with Crippen molar-refractivity contribution in [3.63, 3.8) is 0 Å². The maximum Gasteiger partial charge on any atom is 0.224 e. The molecule has 0 amide bonds. The zero-order valence-electron chi connectivity index (χ0n) is 13.4. The van der Waals surface area contributed by atoms with Crippen molar-refractivity contribution < 1.29 is 4.52 Å². The molecular formula is C16H15N7OS. The number of aromatic nitrogens is 5. The monoisotopic (exact) mass is 353 g/mol. The van der Waals surface area contributed by atoms with E-state index in [-0.39, 0.29) is 0 Å². The Hall–Kier alpha value is -3.20. The molecule has 9 heteroatoms. The largest absolute Gasteiger partial charge is 0.359 e. The molecular weight excluding hydrogens is 338 g/mol. The lowest BCUT2D eigenvalue weighted by atomic mass is 10.3. The van der Waals surface area contributed by atoms with Gasteiger partial charge in [0.05, 0.1) is 22.8 Å². The minimum atomic E-state index is 0.467. The number of rotatable bonds is 6. The quantitative estimate of drug-likeness (QED) is 0.486. The average molecular weight is 353 g/mol. The van der Waals surface area contributed by atoms with Crippen LogP contribution in [0.3, 0.4) is 0 Å². The average Bonchev–Trinajstić information content (AvgIpc) is 3.35. The molecule has 126 valence electrons. The van der Waals surface area contributed by atoms with Gasteiger partial charge in [-0.15, -0.1) is 11.3 Å². The van der Waals surface area contributed by atoms with Gasteiger partial charge in [0.15, 0.2) is 11.6 Å². The standard InChI is InChI=1S/C16H15N7OS/c1-10-7-11(24-23-10)9-18-16-17-5-4-14(20-16)19-15-8-12(21-22-15)13-3-2-6-25-13/h2-8H,9H2,1H3,(H3,17,18,19,20,21,22). The van der Waals surface area contributed by atoms with E-state index in [9.17, 15) is 0 Å². The lowest BCUT2D eigenvalue weighted by molar-refractivity contribution is 0.384. The van der Waals surface area contributed by atoms with Crippen LogP contribution >= 0.6 is 11.3 Å². The molecule has 0 saturated carbocycles. The van der Waals surface area contributed by atoms with Gasteiger partial charge in [-0.3, -0.25) is 5.10 Å². The molecule has 4 aromatic rings. The Kier molecular flexibility index (Phi) is 4.13. The summed E-state index contributed by atoms with van der Waals surface area (Å²) in [7, 11) is 0. The van der Waals surface area contributed by atoms with E-state index in [2.05, 4.69) is 36.0 Å². The van der Waals surface area contributed by atoms with Crippen molar-refractivity contribution in [2.75, 3.05) is 10.6 Å². The van der Waals surface area contributed by atoms with Gasteiger partial charge in [0.2, 0.25) is 5.95 Å². The van der Waals surface area contributed by atoms with E-state index in [4.69, 9.17) is 4.52 Å². The summed E-state index contributed by atoms with van der Waals surface area (Å²) < 4.78 is 5.15. The number of hydrogen-bond acceptors (Lipinski definition) is 8. The van der Waals surface area contributed by atoms with E-state index in [1.165, 1.54) is 0 Å². The SMILES string of the molecule is Cc1cc(CNc2nccc(Nc3cc(-c4cccs4)[nH]n3)n2)on1. The first-order valence-corrected chi connectivity index (χ1v) is 8.50. The third-order valence-electron chi connectivity index (χ3n) is 3.37. The van der Waals surface area contributed by atoms with Crippen LogP contribution in [0.4, 0.5) is 17.6 Å². The summed E-state index contributed by atoms with van der Waals surface area (Å²) in [5.74, 6) is 2.56. The van der Waals surface area contributed by atoms with E-state index in [0.717, 1.165) is 22.0 Å². The predicted octanol–water partition coefficient (Wildman–Crippen LogP) is 3.58. The highest BCUT2D eigenvalue weighted by Crippen LogP contribution is 2.25. The molecule has 0 radical (unpaired) electrons. The van der Waals surface area contributed by atoms with Crippen LogP contribution in [0.1, 0.15) is 11.5 Å². The van der Waals surface area contributed by atoms with Crippen molar-refractivity contribution in [2.24, 2.45) is 0 Å². The third kappa shape index (κ3) is 3.66. The van der Waals surface area contributed by atoms with Crippen LogP contribution in [-0.2, 0) is 6.54 Å². The summed E-state index contributed by atoms with van der Waals surface area (Å²) in [6.07, 6.45) is 1.68. The minimum Gasteiger partial charge on any atom is -0.359 e. The Morgan fingerprint density at radius 2 is 2.20 bits per heavy atom. The second-order valence-electron chi connectivity index (χ2n) is 5.32. The first kappa shape index (κ1) is 15.3. The Morgan fingerprint density at radius 1 is 1.24 bits per heavy atom. The Morgan fingerprint density at radius 3 is 3.00 bits per heavy atom. The van der Waals surface area contributed by atoms with Gasteiger partial charge >= 0.3 is 0 Å². The summed E-state index contributed by atoms with van der Waals surface area (Å²) >= 11 is 1.66. The van der Waals surface area contributed by atoms with Crippen molar-refractivity contribution in [3.05, 3.63) is 53.4 Å². The third-order valence-corrected chi connectivity index (χ3v) is 4.28. The lowest BCUT2D eigenvalue weighted by Crippen LogP contribution is -2.04. The number of aromatic amines is 1. The molecule has 0 fully saturated rings. The molecule has 0 aliphatic rings. The number of nitrogens with one attached hydrogen (secondary N) is 3. The molecule has 8 nitrogen and oxygen atoms in total. The van der Waals surface area contributed by atoms with Crippen LogP contribution in [0.15, 0.2) is 46.4 Å². The highest BCUT2D eigenvalue weighted by atomic mass is 32.1. The number of thiophene rings is 1. The molecule has 3 N–H and O–H groups in total. The molecule has 4 rings (SSSR count). The fourth-order valence-electron chi connectivity index (χ4n) is 2.25. The van der Waals surface area contributed by atoms with Crippen LogP contribution in [0.2, 0.25) is 0 Å². The molecule has 25 heavy (non-hydrogen) atoms. The van der Waals surface area contributed by atoms with Crippen LogP contribution in [0, 0.1) is 6.92 Å². The van der Waals surface area contributed by atoms with Crippen LogP contribution in [-0.4, -0.2) is 25.3 Å². The van der Waals surface area contributed by atoms with Gasteiger partial charge in [-0.05, 0) is 24.4 Å². The number of H-pyrrole nitrogens is 1. The smallest absolute Gasteiger partial charge is 0.224 e. The van der Waals surface area contributed by atoms with Gasteiger partial charge in [0.1, 0.15) is 5.82 Å². The molecule has 0 unspecified atom stereocenters. The van der Waals surface area contributed by atoms with E-state index >= 15 is 0 Å². The summed E-state index contributed by atoms with van der Waals surface area (Å²) in [6.45, 7) is 2.34. The molecule has 0 aromatic carbocycles. The van der Waals surface area contributed by atoms with E-state index in [0.29, 0.717) is 24.1 Å². The van der Waals surface area contributed by atoms with Crippen LogP contribution in [0.25, 0.3) is 10.6 Å². The lowest BCUT2D eigenvalue weighted by Gasteiger charge is -2.05. The van der Waals surface area contributed by atoms with Gasteiger partial charge in [-0.25, -0.2) is 4.98 Å². The summed E-state index contributed by atoms with van der Waals surface area (Å²) in [4.78, 5) is 9.75. The first-order chi connectivity index (χ1) is 12.3. The van der Waals surface area contributed by atoms with Gasteiger partial charge < -0.3 is 15.2 Å². The number of anilines is 3.